The number of amides is 2. The Bertz CT molecular complexity index is 1030. The number of carbonyl (C=O) groups excluding carboxylic acids is 2. The van der Waals surface area contributed by atoms with Crippen LogP contribution in [0, 0.1) is 12.8 Å². The van der Waals surface area contributed by atoms with Crippen molar-refractivity contribution in [3.8, 4) is 5.75 Å². The molecule has 1 saturated heterocycles. The summed E-state index contributed by atoms with van der Waals surface area (Å²) >= 11 is 1.42. The second-order valence-electron chi connectivity index (χ2n) is 6.62. The number of carbonyl (C=O) groups is 2. The molecule has 146 valence electrons. The molecule has 8 nitrogen and oxygen atoms in total. The number of benzene rings is 1. The fourth-order valence-corrected chi connectivity index (χ4v) is 4.17. The lowest BCUT2D eigenvalue weighted by molar-refractivity contribution is -0.126. The van der Waals surface area contributed by atoms with Gasteiger partial charge in [-0.3, -0.25) is 14.5 Å². The molecule has 3 heterocycles. The van der Waals surface area contributed by atoms with Gasteiger partial charge in [-0.05, 0) is 32.0 Å². The van der Waals surface area contributed by atoms with Crippen molar-refractivity contribution in [2.75, 3.05) is 18.1 Å². The van der Waals surface area contributed by atoms with Gasteiger partial charge >= 0.3 is 0 Å². The van der Waals surface area contributed by atoms with Crippen LogP contribution in [-0.2, 0) is 16.1 Å². The second-order valence-corrected chi connectivity index (χ2v) is 7.63. The number of ether oxygens (including phenoxy) is 1. The van der Waals surface area contributed by atoms with Crippen LogP contribution < -0.4 is 15.0 Å². The van der Waals surface area contributed by atoms with Crippen molar-refractivity contribution in [3.05, 3.63) is 35.7 Å². The summed E-state index contributed by atoms with van der Waals surface area (Å²) in [7, 11) is 0. The van der Waals surface area contributed by atoms with Crippen LogP contribution in [0.2, 0.25) is 0 Å². The average Bonchev–Trinajstić information content (AvgIpc) is 3.37. The standard InChI is InChI=1S/C19H20N4O4S/c1-3-26-13-4-5-15-16(8-13)28-19(21-15)23-10-12(7-17(23)24)18(25)20-9-14-6-11(2)22-27-14/h4-6,8,12H,3,7,9-10H2,1-2H3,(H,20,25). The summed E-state index contributed by atoms with van der Waals surface area (Å²) in [5.74, 6) is 0.674. The molecule has 2 amide bonds. The van der Waals surface area contributed by atoms with Crippen LogP contribution in [-0.4, -0.2) is 35.1 Å². The molecule has 1 aromatic carbocycles. The molecule has 3 aromatic rings. The zero-order valence-electron chi connectivity index (χ0n) is 15.6. The first-order valence-electron chi connectivity index (χ1n) is 9.07. The van der Waals surface area contributed by atoms with Gasteiger partial charge in [0, 0.05) is 19.0 Å². The summed E-state index contributed by atoms with van der Waals surface area (Å²) in [6.07, 6.45) is 0.168. The first-order chi connectivity index (χ1) is 13.5. The van der Waals surface area contributed by atoms with Crippen molar-refractivity contribution in [2.45, 2.75) is 26.8 Å². The van der Waals surface area contributed by atoms with Crippen molar-refractivity contribution in [1.29, 1.82) is 0 Å². The minimum atomic E-state index is -0.414. The number of hydrogen-bond acceptors (Lipinski definition) is 7. The fraction of sp³-hybridized carbons (Fsp3) is 0.368. The van der Waals surface area contributed by atoms with Gasteiger partial charge in [0.05, 0.1) is 35.0 Å². The Kier molecular flexibility index (Phi) is 4.99. The van der Waals surface area contributed by atoms with E-state index in [0.717, 1.165) is 21.7 Å². The molecule has 28 heavy (non-hydrogen) atoms. The Labute approximate surface area is 165 Å². The molecule has 1 aliphatic heterocycles. The van der Waals surface area contributed by atoms with Crippen LogP contribution >= 0.6 is 11.3 Å². The first-order valence-corrected chi connectivity index (χ1v) is 9.89. The number of aryl methyl sites for hydroxylation is 1. The number of fused-ring (bicyclic) bond motifs is 1. The molecule has 0 radical (unpaired) electrons. The van der Waals surface area contributed by atoms with E-state index in [-0.39, 0.29) is 24.8 Å². The molecule has 2 aromatic heterocycles. The van der Waals surface area contributed by atoms with Gasteiger partial charge in [0.15, 0.2) is 10.9 Å². The third-order valence-corrected chi connectivity index (χ3v) is 5.54. The monoisotopic (exact) mass is 400 g/mol. The Morgan fingerprint density at radius 2 is 2.29 bits per heavy atom. The lowest BCUT2D eigenvalue weighted by Crippen LogP contribution is -2.32. The molecule has 1 unspecified atom stereocenters. The largest absolute Gasteiger partial charge is 0.494 e. The Hall–Kier alpha value is -2.94. The van der Waals surface area contributed by atoms with Crippen LogP contribution in [0.25, 0.3) is 10.2 Å². The summed E-state index contributed by atoms with van der Waals surface area (Å²) in [5.41, 5.74) is 1.57. The summed E-state index contributed by atoms with van der Waals surface area (Å²) in [6, 6.07) is 7.43. The van der Waals surface area contributed by atoms with E-state index in [4.69, 9.17) is 9.26 Å². The maximum absolute atomic E-state index is 12.5. The van der Waals surface area contributed by atoms with Crippen molar-refractivity contribution in [2.24, 2.45) is 5.92 Å². The molecule has 0 saturated carbocycles. The van der Waals surface area contributed by atoms with E-state index in [1.807, 2.05) is 32.0 Å². The molecular formula is C19H20N4O4S. The highest BCUT2D eigenvalue weighted by Gasteiger charge is 2.36. The number of nitrogens with one attached hydrogen (secondary N) is 1. The maximum atomic E-state index is 12.5. The summed E-state index contributed by atoms with van der Waals surface area (Å²) in [5, 5.41) is 7.21. The van der Waals surface area contributed by atoms with Crippen molar-refractivity contribution < 1.29 is 18.8 Å². The zero-order valence-corrected chi connectivity index (χ0v) is 16.4. The predicted molar refractivity (Wildman–Crippen MR) is 104 cm³/mol. The van der Waals surface area contributed by atoms with Crippen LogP contribution in [0.5, 0.6) is 5.75 Å². The van der Waals surface area contributed by atoms with Crippen LogP contribution in [0.3, 0.4) is 0 Å². The third kappa shape index (κ3) is 3.70. The SMILES string of the molecule is CCOc1ccc2nc(N3CC(C(=O)NCc4cc(C)no4)CC3=O)sc2c1. The van der Waals surface area contributed by atoms with Crippen LogP contribution in [0.15, 0.2) is 28.8 Å². The fourth-order valence-electron chi connectivity index (χ4n) is 3.15. The molecule has 4 rings (SSSR count). The highest BCUT2D eigenvalue weighted by Crippen LogP contribution is 2.34. The van der Waals surface area contributed by atoms with Crippen molar-refractivity contribution in [3.63, 3.8) is 0 Å². The van der Waals surface area contributed by atoms with Gasteiger partial charge in [0.2, 0.25) is 11.8 Å². The van der Waals surface area contributed by atoms with Gasteiger partial charge in [0.25, 0.3) is 0 Å². The Balaban J connectivity index is 1.43. The first kappa shape index (κ1) is 18.4. The van der Waals surface area contributed by atoms with E-state index in [1.54, 1.807) is 11.0 Å². The minimum absolute atomic E-state index is 0.0975. The lowest BCUT2D eigenvalue weighted by atomic mass is 10.1. The van der Waals surface area contributed by atoms with Gasteiger partial charge in [-0.1, -0.05) is 16.5 Å². The van der Waals surface area contributed by atoms with Crippen LogP contribution in [0.4, 0.5) is 5.13 Å². The molecule has 0 spiro atoms. The molecule has 9 heteroatoms. The Morgan fingerprint density at radius 3 is 3.04 bits per heavy atom. The topological polar surface area (TPSA) is 97.6 Å². The second kappa shape index (κ2) is 7.59. The molecular weight excluding hydrogens is 380 g/mol. The van der Waals surface area contributed by atoms with E-state index >= 15 is 0 Å². The van der Waals surface area contributed by atoms with Gasteiger partial charge in [-0.15, -0.1) is 0 Å². The molecule has 0 bridgehead atoms. The van der Waals surface area contributed by atoms with E-state index in [2.05, 4.69) is 15.5 Å². The number of thiazole rings is 1. The molecule has 1 atom stereocenters. The summed E-state index contributed by atoms with van der Waals surface area (Å²) in [6.45, 7) is 4.91. The van der Waals surface area contributed by atoms with E-state index in [9.17, 15) is 9.59 Å². The summed E-state index contributed by atoms with van der Waals surface area (Å²) in [4.78, 5) is 31.1. The molecule has 1 fully saturated rings. The molecule has 1 aliphatic rings. The van der Waals surface area contributed by atoms with Crippen LogP contribution in [0.1, 0.15) is 24.8 Å². The minimum Gasteiger partial charge on any atom is -0.494 e. The number of anilines is 1. The van der Waals surface area contributed by atoms with E-state index < -0.39 is 5.92 Å². The van der Waals surface area contributed by atoms with Gasteiger partial charge in [-0.2, -0.15) is 0 Å². The van der Waals surface area contributed by atoms with Gasteiger partial charge in [0.1, 0.15) is 5.75 Å². The third-order valence-electron chi connectivity index (χ3n) is 4.50. The number of nitrogens with zero attached hydrogens (tertiary/aromatic N) is 3. The van der Waals surface area contributed by atoms with Gasteiger partial charge in [-0.25, -0.2) is 4.98 Å². The highest BCUT2D eigenvalue weighted by atomic mass is 32.1. The smallest absolute Gasteiger partial charge is 0.229 e. The Morgan fingerprint density at radius 1 is 1.43 bits per heavy atom. The maximum Gasteiger partial charge on any atom is 0.229 e. The highest BCUT2D eigenvalue weighted by molar-refractivity contribution is 7.22. The van der Waals surface area contributed by atoms with E-state index in [1.165, 1.54) is 11.3 Å². The average molecular weight is 400 g/mol. The van der Waals surface area contributed by atoms with Crippen molar-refractivity contribution >= 4 is 38.5 Å². The summed E-state index contributed by atoms with van der Waals surface area (Å²) < 4.78 is 11.6. The number of hydrogen-bond donors (Lipinski definition) is 1. The predicted octanol–water partition coefficient (Wildman–Crippen LogP) is 2.66. The number of aromatic nitrogens is 2. The van der Waals surface area contributed by atoms with Gasteiger partial charge < -0.3 is 14.6 Å². The lowest BCUT2D eigenvalue weighted by Gasteiger charge is -2.12. The quantitative estimate of drug-likeness (QED) is 0.683. The molecule has 0 aliphatic carbocycles. The normalized spacial score (nSPS) is 16.7. The van der Waals surface area contributed by atoms with E-state index in [0.29, 0.717) is 24.0 Å². The number of rotatable bonds is 6. The molecule has 1 N–H and O–H groups in total. The zero-order chi connectivity index (χ0) is 19.7. The van der Waals surface area contributed by atoms with Crippen molar-refractivity contribution in [1.82, 2.24) is 15.5 Å².